The Kier molecular flexibility index (Phi) is 5.27. The summed E-state index contributed by atoms with van der Waals surface area (Å²) in [5.41, 5.74) is 0.839. The molecule has 0 aliphatic carbocycles. The Morgan fingerprint density at radius 2 is 1.88 bits per heavy atom. The van der Waals surface area contributed by atoms with E-state index < -0.39 is 35.3 Å². The second kappa shape index (κ2) is 8.29. The average Bonchev–Trinajstić information content (AvgIpc) is 3.25. The number of H-pyrrole nitrogens is 1. The van der Waals surface area contributed by atoms with Gasteiger partial charge in [0.05, 0.1) is 22.2 Å². The van der Waals surface area contributed by atoms with Crippen molar-refractivity contribution in [3.63, 3.8) is 0 Å². The number of pyridine rings is 1. The predicted octanol–water partition coefficient (Wildman–Crippen LogP) is 3.18. The Hall–Kier alpha value is -4.21. The number of anilines is 1. The summed E-state index contributed by atoms with van der Waals surface area (Å²) in [6.07, 6.45) is 2.46. The summed E-state index contributed by atoms with van der Waals surface area (Å²) < 4.78 is 16.3. The molecule has 0 atom stereocenters. The molecule has 2 aromatic heterocycles. The van der Waals surface area contributed by atoms with Gasteiger partial charge in [0.25, 0.3) is 0 Å². The zero-order chi connectivity index (χ0) is 24.0. The first-order valence-corrected chi connectivity index (χ1v) is 10.8. The molecule has 34 heavy (non-hydrogen) atoms. The van der Waals surface area contributed by atoms with Crippen LogP contribution in [-0.4, -0.2) is 49.8 Å². The first kappa shape index (κ1) is 21.6. The minimum atomic E-state index is -1.50. The largest absolute Gasteiger partial charge is 0.480 e. The van der Waals surface area contributed by atoms with Crippen LogP contribution >= 0.6 is 0 Å². The van der Waals surface area contributed by atoms with Crippen molar-refractivity contribution < 1.29 is 24.2 Å². The van der Waals surface area contributed by atoms with E-state index in [1.54, 1.807) is 0 Å². The molecule has 4 aromatic rings. The number of aliphatic carboxylic acids is 1. The third-order valence-electron chi connectivity index (χ3n) is 6.31. The molecule has 0 unspecified atom stereocenters. The fourth-order valence-electron chi connectivity index (χ4n) is 4.63. The van der Waals surface area contributed by atoms with Crippen molar-refractivity contribution in [3.8, 4) is 0 Å². The third-order valence-corrected chi connectivity index (χ3v) is 6.31. The van der Waals surface area contributed by atoms with Crippen LogP contribution in [0.4, 0.5) is 10.1 Å². The standard InChI is InChI=1S/C24H21FN4O5/c25-16-9-14-19(29(12-21(30)31)11-15(22(14)32)24(33)34)10-20(16)28-7-5-13(6-8-28)23-26-17-3-1-2-4-18(17)27-23/h1-4,9-11,13H,5-8,12H2,(H,26,27)(H,30,31)(H,33,34). The van der Waals surface area contributed by atoms with E-state index in [1.807, 2.05) is 29.2 Å². The quantitative estimate of drug-likeness (QED) is 0.414. The molecule has 1 aliphatic rings. The number of imidazole rings is 1. The zero-order valence-electron chi connectivity index (χ0n) is 18.0. The van der Waals surface area contributed by atoms with Crippen molar-refractivity contribution in [2.45, 2.75) is 25.3 Å². The van der Waals surface area contributed by atoms with Crippen LogP contribution < -0.4 is 10.3 Å². The average molecular weight is 464 g/mol. The summed E-state index contributed by atoms with van der Waals surface area (Å²) in [6.45, 7) is 0.525. The van der Waals surface area contributed by atoms with Gasteiger partial charge in [0.1, 0.15) is 23.7 Å². The molecule has 1 aliphatic heterocycles. The Morgan fingerprint density at radius 1 is 1.15 bits per heavy atom. The van der Waals surface area contributed by atoms with E-state index in [9.17, 15) is 24.6 Å². The lowest BCUT2D eigenvalue weighted by Gasteiger charge is -2.33. The maximum Gasteiger partial charge on any atom is 0.341 e. The summed E-state index contributed by atoms with van der Waals surface area (Å²) in [7, 11) is 0. The van der Waals surface area contributed by atoms with Crippen LogP contribution in [0.15, 0.2) is 47.4 Å². The highest BCUT2D eigenvalue weighted by Crippen LogP contribution is 2.33. The molecule has 0 saturated carbocycles. The van der Waals surface area contributed by atoms with E-state index in [1.165, 1.54) is 6.07 Å². The smallest absolute Gasteiger partial charge is 0.341 e. The predicted molar refractivity (Wildman–Crippen MR) is 123 cm³/mol. The van der Waals surface area contributed by atoms with Gasteiger partial charge in [-0.3, -0.25) is 9.59 Å². The highest BCUT2D eigenvalue weighted by atomic mass is 19.1. The zero-order valence-corrected chi connectivity index (χ0v) is 18.0. The van der Waals surface area contributed by atoms with Gasteiger partial charge in [0.2, 0.25) is 5.43 Å². The summed E-state index contributed by atoms with van der Waals surface area (Å²) in [5.74, 6) is -2.27. The number of carboxylic acids is 2. The van der Waals surface area contributed by atoms with Crippen LogP contribution in [0.2, 0.25) is 0 Å². The maximum atomic E-state index is 15.1. The summed E-state index contributed by atoms with van der Waals surface area (Å²) >= 11 is 0. The minimum absolute atomic E-state index is 0.167. The Balaban J connectivity index is 1.47. The number of carbonyl (C=O) groups is 2. The fraction of sp³-hybridized carbons (Fsp3) is 0.250. The van der Waals surface area contributed by atoms with Gasteiger partial charge in [-0.25, -0.2) is 14.2 Å². The molecular formula is C24H21FN4O5. The monoisotopic (exact) mass is 464 g/mol. The molecule has 2 aromatic carbocycles. The number of halogens is 1. The van der Waals surface area contributed by atoms with Gasteiger partial charge in [0.15, 0.2) is 0 Å². The van der Waals surface area contributed by atoms with Crippen LogP contribution in [0.3, 0.4) is 0 Å². The number of hydrogen-bond acceptors (Lipinski definition) is 5. The van der Waals surface area contributed by atoms with E-state index in [-0.39, 0.29) is 22.5 Å². The molecule has 1 saturated heterocycles. The van der Waals surface area contributed by atoms with Crippen LogP contribution in [0.1, 0.15) is 34.9 Å². The maximum absolute atomic E-state index is 15.1. The van der Waals surface area contributed by atoms with E-state index >= 15 is 4.39 Å². The van der Waals surface area contributed by atoms with Crippen LogP contribution in [0, 0.1) is 5.82 Å². The summed E-state index contributed by atoms with van der Waals surface area (Å²) in [4.78, 5) is 45.2. The lowest BCUT2D eigenvalue weighted by Crippen LogP contribution is -2.34. The molecule has 5 rings (SSSR count). The molecule has 0 spiro atoms. The molecule has 174 valence electrons. The van der Waals surface area contributed by atoms with Crippen LogP contribution in [-0.2, 0) is 11.3 Å². The number of fused-ring (bicyclic) bond motifs is 2. The van der Waals surface area contributed by atoms with Crippen molar-refractivity contribution >= 4 is 39.6 Å². The summed E-state index contributed by atoms with van der Waals surface area (Å²) in [5, 5.41) is 18.4. The highest BCUT2D eigenvalue weighted by molar-refractivity contribution is 5.94. The Bertz CT molecular complexity index is 1470. The SMILES string of the molecule is O=C(O)Cn1cc(C(=O)O)c(=O)c2cc(F)c(N3CCC(c4nc5ccccc5[nH]4)CC3)cc21. The minimum Gasteiger partial charge on any atom is -0.480 e. The number of aromatic amines is 1. The molecule has 10 heteroatoms. The number of nitrogens with zero attached hydrogens (tertiary/aromatic N) is 3. The number of nitrogens with one attached hydrogen (secondary N) is 1. The third kappa shape index (κ3) is 3.76. The van der Waals surface area contributed by atoms with E-state index in [2.05, 4.69) is 9.97 Å². The molecule has 3 N–H and O–H groups in total. The lowest BCUT2D eigenvalue weighted by molar-refractivity contribution is -0.137. The van der Waals surface area contributed by atoms with E-state index in [4.69, 9.17) is 0 Å². The molecule has 0 amide bonds. The first-order valence-electron chi connectivity index (χ1n) is 10.8. The van der Waals surface area contributed by atoms with Gasteiger partial charge < -0.3 is 24.7 Å². The van der Waals surface area contributed by atoms with Gasteiger partial charge in [-0.05, 0) is 37.1 Å². The number of aromatic nitrogens is 3. The fourth-order valence-corrected chi connectivity index (χ4v) is 4.63. The number of benzene rings is 2. The van der Waals surface area contributed by atoms with Crippen LogP contribution in [0.5, 0.6) is 0 Å². The van der Waals surface area contributed by atoms with Crippen molar-refractivity contribution in [1.82, 2.24) is 14.5 Å². The Morgan fingerprint density at radius 3 is 2.56 bits per heavy atom. The van der Waals surface area contributed by atoms with Gasteiger partial charge in [-0.2, -0.15) is 0 Å². The molecule has 0 bridgehead atoms. The number of hydrogen-bond donors (Lipinski definition) is 3. The first-order chi connectivity index (χ1) is 16.3. The normalized spacial score (nSPS) is 14.7. The number of carboxylic acid groups (broad SMARTS) is 2. The Labute approximate surface area is 192 Å². The van der Waals surface area contributed by atoms with Gasteiger partial charge in [-0.1, -0.05) is 12.1 Å². The number of aromatic carboxylic acids is 1. The van der Waals surface area contributed by atoms with Crippen molar-refractivity contribution in [1.29, 1.82) is 0 Å². The van der Waals surface area contributed by atoms with Crippen molar-refractivity contribution in [3.05, 3.63) is 70.0 Å². The second-order valence-corrected chi connectivity index (χ2v) is 8.42. The van der Waals surface area contributed by atoms with Crippen molar-refractivity contribution in [2.24, 2.45) is 0 Å². The van der Waals surface area contributed by atoms with Crippen LogP contribution in [0.25, 0.3) is 21.9 Å². The number of piperidine rings is 1. The highest BCUT2D eigenvalue weighted by Gasteiger charge is 2.26. The van der Waals surface area contributed by atoms with Gasteiger partial charge in [-0.15, -0.1) is 0 Å². The molecular weight excluding hydrogens is 443 g/mol. The molecule has 9 nitrogen and oxygen atoms in total. The summed E-state index contributed by atoms with van der Waals surface area (Å²) in [6, 6.07) is 10.2. The second-order valence-electron chi connectivity index (χ2n) is 8.42. The molecule has 3 heterocycles. The molecule has 1 fully saturated rings. The van der Waals surface area contributed by atoms with Gasteiger partial charge in [0, 0.05) is 30.6 Å². The van der Waals surface area contributed by atoms with Crippen molar-refractivity contribution in [2.75, 3.05) is 18.0 Å². The lowest BCUT2D eigenvalue weighted by atomic mass is 9.95. The number of rotatable bonds is 5. The number of para-hydroxylation sites is 2. The molecule has 0 radical (unpaired) electrons. The van der Waals surface area contributed by atoms with Gasteiger partial charge >= 0.3 is 11.9 Å². The van der Waals surface area contributed by atoms with E-state index in [0.29, 0.717) is 13.1 Å². The van der Waals surface area contributed by atoms with E-state index in [0.717, 1.165) is 46.5 Å². The topological polar surface area (TPSA) is 129 Å².